The topological polar surface area (TPSA) is 135 Å². The Kier molecular flexibility index (Phi) is 3.81. The maximum Gasteiger partial charge on any atom is 0.264 e. The van der Waals surface area contributed by atoms with Crippen molar-refractivity contribution in [3.8, 4) is 0 Å². The fourth-order valence-corrected chi connectivity index (χ4v) is 1.53. The molecule has 0 fully saturated rings. The average molecular weight is 295 g/mol. The van der Waals surface area contributed by atoms with Gasteiger partial charge in [-0.15, -0.1) is 0 Å². The van der Waals surface area contributed by atoms with E-state index in [0.29, 0.717) is 11.3 Å². The number of imidazole rings is 1. The fraction of sp³-hybridized carbons (Fsp3) is 0.182. The van der Waals surface area contributed by atoms with Crippen LogP contribution in [0.25, 0.3) is 22.1 Å². The molecule has 0 aliphatic carbocycles. The molecule has 0 unspecified atom stereocenters. The Morgan fingerprint density at radius 3 is 2.65 bits per heavy atom. The first-order chi connectivity index (χ1) is 9.42. The van der Waals surface area contributed by atoms with E-state index in [1.807, 2.05) is 18.3 Å². The summed E-state index contributed by atoms with van der Waals surface area (Å²) in [5.74, 6) is 0.220. The molecule has 0 atom stereocenters. The molecule has 0 saturated carbocycles. The summed E-state index contributed by atoms with van der Waals surface area (Å²) in [4.78, 5) is 15.5. The third-order valence-corrected chi connectivity index (χ3v) is 3.25. The number of hydrogen-bond acceptors (Lipinski definition) is 6. The first-order valence-corrected chi connectivity index (χ1v) is 7.31. The lowest BCUT2D eigenvalue weighted by molar-refractivity contribution is 0.484. The quantitative estimate of drug-likeness (QED) is 0.569. The van der Waals surface area contributed by atoms with Crippen LogP contribution in [0.5, 0.6) is 0 Å². The lowest BCUT2D eigenvalue weighted by atomic mass is 10.3. The van der Waals surface area contributed by atoms with Crippen molar-refractivity contribution in [2.24, 2.45) is 0 Å². The fourth-order valence-electron chi connectivity index (χ4n) is 1.53. The molecule has 106 valence electrons. The highest BCUT2D eigenvalue weighted by molar-refractivity contribution is 7.85. The van der Waals surface area contributed by atoms with E-state index in [4.69, 9.17) is 10.3 Å². The minimum atomic E-state index is -3.66. The monoisotopic (exact) mass is 295 g/mol. The SMILES string of the molecule is CCS(=O)(=O)O.Nc1nc2ccc[nH]c2c2ncnc12. The van der Waals surface area contributed by atoms with E-state index in [2.05, 4.69) is 19.9 Å². The smallest absolute Gasteiger partial charge is 0.264 e. The normalized spacial score (nSPS) is 11.3. The number of nitrogens with one attached hydrogen (secondary N) is 1. The Morgan fingerprint density at radius 1 is 1.35 bits per heavy atom. The molecule has 3 aromatic heterocycles. The molecule has 4 N–H and O–H groups in total. The summed E-state index contributed by atoms with van der Waals surface area (Å²) in [6.45, 7) is 1.37. The molecule has 3 heterocycles. The summed E-state index contributed by atoms with van der Waals surface area (Å²) < 4.78 is 26.9. The molecule has 20 heavy (non-hydrogen) atoms. The number of rotatable bonds is 1. The standard InChI is InChI=1S/C9H7N5.C2H6O3S/c10-9-8-7(12-4-13-8)6-5(14-9)2-1-3-11-6;1-2-6(3,4)5/h1-4,11H,(H2,10,14);2H2,1H3,(H,3,4,5). The molecular formula is C11H13N5O3S. The van der Waals surface area contributed by atoms with Gasteiger partial charge in [-0.05, 0) is 19.1 Å². The van der Waals surface area contributed by atoms with E-state index in [1.165, 1.54) is 13.3 Å². The molecular weight excluding hydrogens is 282 g/mol. The first-order valence-electron chi connectivity index (χ1n) is 5.71. The van der Waals surface area contributed by atoms with E-state index >= 15 is 0 Å². The van der Waals surface area contributed by atoms with E-state index in [9.17, 15) is 8.42 Å². The van der Waals surface area contributed by atoms with Crippen molar-refractivity contribution in [2.45, 2.75) is 6.92 Å². The zero-order chi connectivity index (χ0) is 14.8. The predicted molar refractivity (Wildman–Crippen MR) is 75.7 cm³/mol. The van der Waals surface area contributed by atoms with Crippen molar-refractivity contribution in [3.63, 3.8) is 0 Å². The summed E-state index contributed by atoms with van der Waals surface area (Å²) in [6, 6.07) is 3.76. The highest BCUT2D eigenvalue weighted by Crippen LogP contribution is 2.22. The highest BCUT2D eigenvalue weighted by Gasteiger charge is 2.08. The Hall–Kier alpha value is -2.26. The molecule has 8 nitrogen and oxygen atoms in total. The number of fused-ring (bicyclic) bond motifs is 3. The van der Waals surface area contributed by atoms with Crippen LogP contribution in [-0.4, -0.2) is 38.7 Å². The Balaban J connectivity index is 0.000000212. The Labute approximate surface area is 114 Å². The van der Waals surface area contributed by atoms with Gasteiger partial charge in [-0.25, -0.2) is 15.0 Å². The summed E-state index contributed by atoms with van der Waals surface area (Å²) in [5.41, 5.74) is 8.84. The molecule has 3 aromatic rings. The van der Waals surface area contributed by atoms with Crippen LogP contribution < -0.4 is 5.73 Å². The van der Waals surface area contributed by atoms with Gasteiger partial charge in [-0.2, -0.15) is 8.42 Å². The molecule has 0 radical (unpaired) electrons. The van der Waals surface area contributed by atoms with Crippen LogP contribution >= 0.6 is 0 Å². The molecule has 0 aromatic carbocycles. The third-order valence-electron chi connectivity index (χ3n) is 2.52. The van der Waals surface area contributed by atoms with Gasteiger partial charge in [0.15, 0.2) is 5.82 Å². The maximum absolute atomic E-state index is 9.56. The van der Waals surface area contributed by atoms with Gasteiger partial charge in [0.1, 0.15) is 17.4 Å². The number of hydrogen-bond donors (Lipinski definition) is 3. The average Bonchev–Trinajstić information content (AvgIpc) is 2.89. The van der Waals surface area contributed by atoms with E-state index in [-0.39, 0.29) is 5.75 Å². The van der Waals surface area contributed by atoms with Gasteiger partial charge < -0.3 is 10.7 Å². The molecule has 0 aliphatic heterocycles. The summed E-state index contributed by atoms with van der Waals surface area (Å²) in [7, 11) is -3.66. The van der Waals surface area contributed by atoms with Gasteiger partial charge in [0.05, 0.1) is 16.8 Å². The Bertz CT molecular complexity index is 844. The van der Waals surface area contributed by atoms with Gasteiger partial charge >= 0.3 is 0 Å². The van der Waals surface area contributed by atoms with Crippen molar-refractivity contribution in [1.29, 1.82) is 0 Å². The van der Waals surface area contributed by atoms with Crippen LogP contribution in [0, 0.1) is 0 Å². The number of pyridine rings is 2. The lowest BCUT2D eigenvalue weighted by Crippen LogP contribution is -1.97. The van der Waals surface area contributed by atoms with Crippen LogP contribution in [0.15, 0.2) is 24.7 Å². The van der Waals surface area contributed by atoms with Gasteiger partial charge in [0.25, 0.3) is 10.1 Å². The van der Waals surface area contributed by atoms with E-state index < -0.39 is 10.1 Å². The molecule has 0 spiro atoms. The first kappa shape index (κ1) is 14.2. The van der Waals surface area contributed by atoms with Crippen molar-refractivity contribution in [1.82, 2.24) is 19.9 Å². The number of anilines is 1. The number of H-pyrrole nitrogens is 1. The van der Waals surface area contributed by atoms with Gasteiger partial charge in [0, 0.05) is 6.20 Å². The third kappa shape index (κ3) is 3.00. The minimum absolute atomic E-state index is 0.201. The molecule has 9 heteroatoms. The van der Waals surface area contributed by atoms with E-state index in [1.54, 1.807) is 0 Å². The van der Waals surface area contributed by atoms with Crippen LogP contribution in [0.1, 0.15) is 6.92 Å². The van der Waals surface area contributed by atoms with Crippen LogP contribution in [0.4, 0.5) is 5.82 Å². The number of aromatic nitrogens is 4. The van der Waals surface area contributed by atoms with Crippen LogP contribution in [0.3, 0.4) is 0 Å². The van der Waals surface area contributed by atoms with Crippen molar-refractivity contribution in [2.75, 3.05) is 11.5 Å². The number of nitrogen functional groups attached to an aromatic ring is 1. The van der Waals surface area contributed by atoms with Gasteiger partial charge in [-0.3, -0.25) is 4.55 Å². The summed E-state index contributed by atoms with van der Waals surface area (Å²) >= 11 is 0. The van der Waals surface area contributed by atoms with E-state index in [0.717, 1.165) is 16.6 Å². The van der Waals surface area contributed by atoms with Gasteiger partial charge in [0.2, 0.25) is 0 Å². The van der Waals surface area contributed by atoms with Crippen LogP contribution in [-0.2, 0) is 10.1 Å². The lowest BCUT2D eigenvalue weighted by Gasteiger charge is -1.99. The number of nitrogens with two attached hydrogens (primary N) is 1. The van der Waals surface area contributed by atoms with Crippen molar-refractivity contribution >= 4 is 38.0 Å². The molecule has 3 rings (SSSR count). The Morgan fingerprint density at radius 2 is 2.00 bits per heavy atom. The minimum Gasteiger partial charge on any atom is -0.382 e. The number of aromatic amines is 1. The van der Waals surface area contributed by atoms with Crippen molar-refractivity contribution < 1.29 is 13.0 Å². The highest BCUT2D eigenvalue weighted by atomic mass is 32.2. The summed E-state index contributed by atoms with van der Waals surface area (Å²) in [6.07, 6.45) is 3.32. The second kappa shape index (κ2) is 5.39. The summed E-state index contributed by atoms with van der Waals surface area (Å²) in [5, 5.41) is 0. The zero-order valence-corrected chi connectivity index (χ0v) is 11.4. The second-order valence-electron chi connectivity index (χ2n) is 3.87. The zero-order valence-electron chi connectivity index (χ0n) is 10.6. The molecule has 0 bridgehead atoms. The number of nitrogens with zero attached hydrogens (tertiary/aromatic N) is 3. The van der Waals surface area contributed by atoms with Crippen molar-refractivity contribution in [3.05, 3.63) is 24.7 Å². The van der Waals surface area contributed by atoms with Crippen LogP contribution in [0.2, 0.25) is 0 Å². The predicted octanol–water partition coefficient (Wildman–Crippen LogP) is 0.982. The largest absolute Gasteiger partial charge is 0.382 e. The molecule has 0 aliphatic rings. The molecule has 0 amide bonds. The maximum atomic E-state index is 9.56. The molecule has 0 saturated heterocycles. The second-order valence-corrected chi connectivity index (χ2v) is 5.61. The van der Waals surface area contributed by atoms with Gasteiger partial charge in [-0.1, -0.05) is 0 Å².